The average Bonchev–Trinajstić information content (AvgIpc) is 2.17. The lowest BCUT2D eigenvalue weighted by Crippen LogP contribution is -2.16. The van der Waals surface area contributed by atoms with Crippen molar-refractivity contribution in [2.45, 2.75) is 26.7 Å². The van der Waals surface area contributed by atoms with Crippen molar-refractivity contribution in [1.29, 1.82) is 5.26 Å². The lowest BCUT2D eigenvalue weighted by atomic mass is 10.1. The number of carbonyl (C=O) groups excluding carboxylic acids is 1. The number of hydrogen-bond donors (Lipinski definition) is 0. The molecule has 84 valence electrons. The molecular formula is C11H13N3O2. The molecular weight excluding hydrogens is 206 g/mol. The van der Waals surface area contributed by atoms with Gasteiger partial charge in [-0.2, -0.15) is 5.26 Å². The van der Waals surface area contributed by atoms with E-state index in [9.17, 15) is 4.79 Å². The third-order valence-corrected chi connectivity index (χ3v) is 1.93. The summed E-state index contributed by atoms with van der Waals surface area (Å²) in [6, 6.07) is 3.52. The van der Waals surface area contributed by atoms with Crippen LogP contribution in [0.4, 0.5) is 0 Å². The Morgan fingerprint density at radius 2 is 2.25 bits per heavy atom. The fourth-order valence-corrected chi connectivity index (χ4v) is 1.36. The summed E-state index contributed by atoms with van der Waals surface area (Å²) in [6.07, 6.45) is 0. The fourth-order valence-electron chi connectivity index (χ4n) is 1.36. The first kappa shape index (κ1) is 12.1. The summed E-state index contributed by atoms with van der Waals surface area (Å²) in [7, 11) is 0. The first-order chi connectivity index (χ1) is 7.58. The maximum Gasteiger partial charge on any atom is 0.329 e. The lowest BCUT2D eigenvalue weighted by molar-refractivity contribution is -0.143. The van der Waals surface area contributed by atoms with E-state index in [1.165, 1.54) is 0 Å². The summed E-state index contributed by atoms with van der Waals surface area (Å²) in [6.45, 7) is 5.46. The highest BCUT2D eigenvalue weighted by atomic mass is 16.5. The van der Waals surface area contributed by atoms with Crippen LogP contribution in [0.1, 0.15) is 30.1 Å². The first-order valence-corrected chi connectivity index (χ1v) is 4.97. The van der Waals surface area contributed by atoms with E-state index in [2.05, 4.69) is 9.97 Å². The normalized spacial score (nSPS) is 11.6. The van der Waals surface area contributed by atoms with Crippen LogP contribution in [0.5, 0.6) is 0 Å². The molecule has 0 aromatic carbocycles. The molecule has 0 spiro atoms. The molecule has 0 radical (unpaired) electrons. The monoisotopic (exact) mass is 219 g/mol. The Kier molecular flexibility index (Phi) is 3.95. The molecule has 1 atom stereocenters. The van der Waals surface area contributed by atoms with Crippen molar-refractivity contribution in [3.8, 4) is 6.07 Å². The Bertz CT molecular complexity index is 417. The summed E-state index contributed by atoms with van der Waals surface area (Å²) < 4.78 is 4.81. The van der Waals surface area contributed by atoms with Crippen LogP contribution < -0.4 is 0 Å². The van der Waals surface area contributed by atoms with Gasteiger partial charge in [-0.15, -0.1) is 0 Å². The van der Waals surface area contributed by atoms with Gasteiger partial charge in [0.1, 0.15) is 5.82 Å². The topological polar surface area (TPSA) is 75.9 Å². The van der Waals surface area contributed by atoms with Gasteiger partial charge in [-0.05, 0) is 26.8 Å². The molecule has 0 aliphatic carbocycles. The number of hydrogen-bond acceptors (Lipinski definition) is 5. The van der Waals surface area contributed by atoms with Crippen molar-refractivity contribution in [2.24, 2.45) is 0 Å². The molecule has 5 heteroatoms. The summed E-state index contributed by atoms with van der Waals surface area (Å²) >= 11 is 0. The number of carbonyl (C=O) groups is 1. The first-order valence-electron chi connectivity index (χ1n) is 4.97. The molecule has 0 saturated heterocycles. The Morgan fingerprint density at radius 3 is 2.75 bits per heavy atom. The van der Waals surface area contributed by atoms with E-state index in [4.69, 9.17) is 10.00 Å². The molecule has 1 aromatic heterocycles. The Hall–Kier alpha value is -1.96. The van der Waals surface area contributed by atoms with Crippen LogP contribution in [0.15, 0.2) is 6.07 Å². The summed E-state index contributed by atoms with van der Waals surface area (Å²) in [5, 5.41) is 8.95. The number of rotatable bonds is 3. The van der Waals surface area contributed by atoms with Crippen molar-refractivity contribution >= 4 is 5.97 Å². The highest BCUT2D eigenvalue weighted by Crippen LogP contribution is 2.15. The average molecular weight is 219 g/mol. The minimum Gasteiger partial charge on any atom is -0.465 e. The number of ether oxygens (including phenoxy) is 1. The minimum atomic E-state index is -0.972. The Morgan fingerprint density at radius 1 is 1.56 bits per heavy atom. The van der Waals surface area contributed by atoms with Gasteiger partial charge in [0.2, 0.25) is 0 Å². The summed E-state index contributed by atoms with van der Waals surface area (Å²) in [5.74, 6) is -0.998. The number of aryl methyl sites for hydroxylation is 2. The van der Waals surface area contributed by atoms with Crippen molar-refractivity contribution in [2.75, 3.05) is 6.61 Å². The van der Waals surface area contributed by atoms with Crippen molar-refractivity contribution < 1.29 is 9.53 Å². The second-order valence-corrected chi connectivity index (χ2v) is 3.30. The van der Waals surface area contributed by atoms with E-state index in [0.717, 1.165) is 5.69 Å². The number of nitrogens with zero attached hydrogens (tertiary/aromatic N) is 3. The van der Waals surface area contributed by atoms with Crippen molar-refractivity contribution in [3.05, 3.63) is 23.3 Å². The van der Waals surface area contributed by atoms with E-state index in [1.54, 1.807) is 26.8 Å². The Labute approximate surface area is 94.1 Å². The molecule has 1 aromatic rings. The van der Waals surface area contributed by atoms with E-state index < -0.39 is 11.9 Å². The third-order valence-electron chi connectivity index (χ3n) is 1.93. The summed E-state index contributed by atoms with van der Waals surface area (Å²) in [4.78, 5) is 19.6. The van der Waals surface area contributed by atoms with Gasteiger partial charge < -0.3 is 4.74 Å². The molecule has 5 nitrogen and oxygen atoms in total. The largest absolute Gasteiger partial charge is 0.465 e. The number of esters is 1. The predicted octanol–water partition coefficient (Wildman–Crippen LogP) is 1.26. The maximum absolute atomic E-state index is 11.5. The van der Waals surface area contributed by atoms with Gasteiger partial charge in [0.25, 0.3) is 0 Å². The molecule has 1 rings (SSSR count). The van der Waals surface area contributed by atoms with Gasteiger partial charge in [-0.25, -0.2) is 9.97 Å². The van der Waals surface area contributed by atoms with Crippen molar-refractivity contribution in [1.82, 2.24) is 9.97 Å². The van der Waals surface area contributed by atoms with Crippen LogP contribution in [-0.4, -0.2) is 22.5 Å². The van der Waals surface area contributed by atoms with Gasteiger partial charge in [0.05, 0.1) is 18.4 Å². The molecule has 0 aliphatic rings. The smallest absolute Gasteiger partial charge is 0.329 e. The second-order valence-electron chi connectivity index (χ2n) is 3.30. The molecule has 0 amide bonds. The maximum atomic E-state index is 11.5. The lowest BCUT2D eigenvalue weighted by Gasteiger charge is -2.08. The standard InChI is InChI=1S/C11H13N3O2/c1-4-16-11(15)9(6-12)10-5-7(2)13-8(3)14-10/h5,9H,4H2,1-3H3. The molecule has 0 saturated carbocycles. The Balaban J connectivity index is 3.05. The fraction of sp³-hybridized carbons (Fsp3) is 0.455. The molecule has 1 unspecified atom stereocenters. The van der Waals surface area contributed by atoms with E-state index in [1.807, 2.05) is 6.07 Å². The molecule has 0 fully saturated rings. The summed E-state index contributed by atoms with van der Waals surface area (Å²) in [5.41, 5.74) is 1.12. The van der Waals surface area contributed by atoms with Crippen molar-refractivity contribution in [3.63, 3.8) is 0 Å². The van der Waals surface area contributed by atoms with Crippen LogP contribution in [-0.2, 0) is 9.53 Å². The van der Waals surface area contributed by atoms with Crippen LogP contribution in [0.25, 0.3) is 0 Å². The molecule has 16 heavy (non-hydrogen) atoms. The van der Waals surface area contributed by atoms with E-state index in [-0.39, 0.29) is 6.61 Å². The minimum absolute atomic E-state index is 0.250. The molecule has 0 bridgehead atoms. The van der Waals surface area contributed by atoms with Gasteiger partial charge >= 0.3 is 5.97 Å². The van der Waals surface area contributed by atoms with E-state index >= 15 is 0 Å². The molecule has 0 N–H and O–H groups in total. The van der Waals surface area contributed by atoms with Gasteiger partial charge in [-0.3, -0.25) is 4.79 Å². The third kappa shape index (κ3) is 2.76. The van der Waals surface area contributed by atoms with Gasteiger partial charge in [-0.1, -0.05) is 0 Å². The van der Waals surface area contributed by atoms with Gasteiger partial charge in [0, 0.05) is 5.69 Å². The highest BCUT2D eigenvalue weighted by Gasteiger charge is 2.23. The zero-order chi connectivity index (χ0) is 12.1. The SMILES string of the molecule is CCOC(=O)C(C#N)c1cc(C)nc(C)n1. The number of nitriles is 1. The van der Waals surface area contributed by atoms with Gasteiger partial charge in [0.15, 0.2) is 5.92 Å². The predicted molar refractivity (Wildman–Crippen MR) is 56.5 cm³/mol. The quantitative estimate of drug-likeness (QED) is 0.715. The van der Waals surface area contributed by atoms with Crippen LogP contribution in [0.3, 0.4) is 0 Å². The van der Waals surface area contributed by atoms with E-state index in [0.29, 0.717) is 11.5 Å². The highest BCUT2D eigenvalue weighted by molar-refractivity contribution is 5.80. The van der Waals surface area contributed by atoms with Crippen LogP contribution in [0, 0.1) is 25.2 Å². The zero-order valence-corrected chi connectivity index (χ0v) is 9.52. The molecule has 1 heterocycles. The number of aromatic nitrogens is 2. The van der Waals surface area contributed by atoms with Crippen LogP contribution >= 0.6 is 0 Å². The van der Waals surface area contributed by atoms with Crippen LogP contribution in [0.2, 0.25) is 0 Å². The second kappa shape index (κ2) is 5.21. The zero-order valence-electron chi connectivity index (χ0n) is 9.52. The molecule has 0 aliphatic heterocycles.